The number of nitrogens with one attached hydrogen (secondary N) is 2. The predicted octanol–water partition coefficient (Wildman–Crippen LogP) is 3.79. The van der Waals surface area contributed by atoms with Crippen LogP contribution < -0.4 is 10.6 Å². The van der Waals surface area contributed by atoms with Crippen LogP contribution in [0.5, 0.6) is 0 Å². The van der Waals surface area contributed by atoms with Gasteiger partial charge in [-0.05, 0) is 54.4 Å². The number of aliphatic hydroxyl groups excluding tert-OH is 3. The summed E-state index contributed by atoms with van der Waals surface area (Å²) in [5, 5.41) is 39.4. The van der Waals surface area contributed by atoms with Crippen LogP contribution >= 0.6 is 22.7 Å². The molecule has 6 atom stereocenters. The van der Waals surface area contributed by atoms with Crippen molar-refractivity contribution in [1.29, 1.82) is 0 Å². The van der Waals surface area contributed by atoms with Crippen molar-refractivity contribution in [3.8, 4) is 0 Å². The zero-order valence-corrected chi connectivity index (χ0v) is 23.6. The number of anilines is 1. The Bertz CT molecular complexity index is 1100. The van der Waals surface area contributed by atoms with Crippen LogP contribution in [0.3, 0.4) is 0 Å². The molecule has 0 aromatic carbocycles. The monoisotopic (exact) mass is 549 g/mol. The zero-order valence-electron chi connectivity index (χ0n) is 22.0. The van der Waals surface area contributed by atoms with Gasteiger partial charge in [0, 0.05) is 22.6 Å². The molecule has 0 aliphatic heterocycles. The molecule has 0 spiro atoms. The van der Waals surface area contributed by atoms with Gasteiger partial charge in [0.1, 0.15) is 0 Å². The van der Waals surface area contributed by atoms with Crippen LogP contribution in [0.1, 0.15) is 79.5 Å². The third-order valence-electron chi connectivity index (χ3n) is 8.59. The number of carbonyl (C=O) groups excluding carboxylic acids is 2. The number of rotatable bonds is 9. The smallest absolute Gasteiger partial charge is 0.267 e. The first-order valence-electron chi connectivity index (χ1n) is 13.0. The zero-order chi connectivity index (χ0) is 27.0. The van der Waals surface area contributed by atoms with E-state index >= 15 is 0 Å². The molecule has 2 aromatic rings. The maximum atomic E-state index is 13.3. The summed E-state index contributed by atoms with van der Waals surface area (Å²) in [4.78, 5) is 32.4. The van der Waals surface area contributed by atoms with E-state index in [-0.39, 0.29) is 54.7 Å². The third kappa shape index (κ3) is 5.49. The number of aromatic nitrogens is 1. The van der Waals surface area contributed by atoms with Crippen LogP contribution in [-0.4, -0.2) is 57.5 Å². The molecule has 2 aliphatic carbocycles. The Hall–Kier alpha value is -1.85. The molecular formula is C27H39N3O5S2. The van der Waals surface area contributed by atoms with Crippen molar-refractivity contribution >= 4 is 39.6 Å². The van der Waals surface area contributed by atoms with Crippen LogP contribution in [0.4, 0.5) is 5.13 Å². The Morgan fingerprint density at radius 2 is 2.03 bits per heavy atom. The normalized spacial score (nSPS) is 29.9. The number of hydrogen-bond donors (Lipinski definition) is 5. The van der Waals surface area contributed by atoms with E-state index in [0.717, 1.165) is 10.6 Å². The van der Waals surface area contributed by atoms with Crippen LogP contribution in [0, 0.1) is 22.7 Å². The Kier molecular flexibility index (Phi) is 8.45. The van der Waals surface area contributed by atoms with Crippen LogP contribution in [0.25, 0.3) is 0 Å². The van der Waals surface area contributed by atoms with Crippen LogP contribution in [0.2, 0.25) is 0 Å². The van der Waals surface area contributed by atoms with Gasteiger partial charge >= 0.3 is 0 Å². The lowest BCUT2D eigenvalue weighted by Crippen LogP contribution is -2.58. The number of hydrogen-bond acceptors (Lipinski definition) is 8. The number of amides is 2. The molecular weight excluding hydrogens is 510 g/mol. The summed E-state index contributed by atoms with van der Waals surface area (Å²) in [5.41, 5.74) is -0.270. The van der Waals surface area contributed by atoms with Crippen molar-refractivity contribution in [3.05, 3.63) is 33.0 Å². The van der Waals surface area contributed by atoms with E-state index in [2.05, 4.69) is 31.4 Å². The minimum Gasteiger partial charge on any atom is -0.396 e. The SMILES string of the molecule is CC(C)CC(CO)NC(=O)CC1c2nc(NC(=O)c3cccs3)sc2CC2C(C)(CO)C(O)CCC12C. The second-order valence-corrected chi connectivity index (χ2v) is 13.6. The lowest BCUT2D eigenvalue weighted by atomic mass is 9.47. The molecule has 0 bridgehead atoms. The van der Waals surface area contributed by atoms with Gasteiger partial charge in [-0.1, -0.05) is 33.8 Å². The van der Waals surface area contributed by atoms with E-state index in [4.69, 9.17) is 4.98 Å². The molecule has 8 nitrogen and oxygen atoms in total. The highest BCUT2D eigenvalue weighted by molar-refractivity contribution is 7.16. The van der Waals surface area contributed by atoms with Gasteiger partial charge in [0.25, 0.3) is 5.91 Å². The van der Waals surface area contributed by atoms with Crippen molar-refractivity contribution in [2.24, 2.45) is 22.7 Å². The molecule has 6 unspecified atom stereocenters. The second-order valence-electron chi connectivity index (χ2n) is 11.6. The van der Waals surface area contributed by atoms with E-state index in [1.165, 1.54) is 22.7 Å². The van der Waals surface area contributed by atoms with Gasteiger partial charge in [-0.2, -0.15) is 0 Å². The summed E-state index contributed by atoms with van der Waals surface area (Å²) >= 11 is 2.77. The number of nitrogens with zero attached hydrogens (tertiary/aromatic N) is 1. The Morgan fingerprint density at radius 1 is 1.27 bits per heavy atom. The van der Waals surface area contributed by atoms with Crippen molar-refractivity contribution in [3.63, 3.8) is 0 Å². The predicted molar refractivity (Wildman–Crippen MR) is 146 cm³/mol. The number of thiazole rings is 1. The van der Waals surface area contributed by atoms with Crippen molar-refractivity contribution in [2.75, 3.05) is 18.5 Å². The molecule has 10 heteroatoms. The molecule has 2 amide bonds. The summed E-state index contributed by atoms with van der Waals surface area (Å²) in [7, 11) is 0. The van der Waals surface area contributed by atoms with Gasteiger partial charge in [0.2, 0.25) is 5.91 Å². The molecule has 0 radical (unpaired) electrons. The maximum absolute atomic E-state index is 13.3. The minimum atomic E-state index is -0.713. The fourth-order valence-electron chi connectivity index (χ4n) is 6.49. The first-order chi connectivity index (χ1) is 17.5. The van der Waals surface area contributed by atoms with Crippen molar-refractivity contribution < 1.29 is 24.9 Å². The molecule has 2 aliphatic rings. The van der Waals surface area contributed by atoms with Crippen molar-refractivity contribution in [1.82, 2.24) is 10.3 Å². The summed E-state index contributed by atoms with van der Waals surface area (Å²) in [6.45, 7) is 7.93. The molecule has 5 N–H and O–H groups in total. The fraction of sp³-hybridized carbons (Fsp3) is 0.667. The Morgan fingerprint density at radius 3 is 2.65 bits per heavy atom. The quantitative estimate of drug-likeness (QED) is 0.323. The lowest BCUT2D eigenvalue weighted by Gasteiger charge is -2.58. The van der Waals surface area contributed by atoms with E-state index in [1.54, 1.807) is 6.07 Å². The maximum Gasteiger partial charge on any atom is 0.267 e. The van der Waals surface area contributed by atoms with Gasteiger partial charge in [-0.3, -0.25) is 14.9 Å². The highest BCUT2D eigenvalue weighted by atomic mass is 32.1. The molecule has 37 heavy (non-hydrogen) atoms. The summed E-state index contributed by atoms with van der Waals surface area (Å²) < 4.78 is 0. The summed E-state index contributed by atoms with van der Waals surface area (Å²) in [6, 6.07) is 3.28. The fourth-order valence-corrected chi connectivity index (χ4v) is 8.17. The minimum absolute atomic E-state index is 0.0651. The molecule has 4 rings (SSSR count). The first kappa shape index (κ1) is 28.2. The Labute approximate surface area is 226 Å². The van der Waals surface area contributed by atoms with Gasteiger partial charge in [0.15, 0.2) is 5.13 Å². The topological polar surface area (TPSA) is 132 Å². The van der Waals surface area contributed by atoms with E-state index in [9.17, 15) is 24.9 Å². The van der Waals surface area contributed by atoms with Gasteiger partial charge in [-0.25, -0.2) is 4.98 Å². The molecule has 1 fully saturated rings. The van der Waals surface area contributed by atoms with Gasteiger partial charge in [0.05, 0.1) is 35.9 Å². The summed E-state index contributed by atoms with van der Waals surface area (Å²) in [5.74, 6) is -0.342. The highest BCUT2D eigenvalue weighted by Crippen LogP contribution is 2.62. The van der Waals surface area contributed by atoms with Crippen molar-refractivity contribution in [2.45, 2.75) is 77.9 Å². The molecule has 1 saturated carbocycles. The summed E-state index contributed by atoms with van der Waals surface area (Å²) in [6.07, 6.45) is 2.10. The molecule has 2 heterocycles. The largest absolute Gasteiger partial charge is 0.396 e. The average molecular weight is 550 g/mol. The van der Waals surface area contributed by atoms with Crippen LogP contribution in [-0.2, 0) is 11.2 Å². The first-order valence-corrected chi connectivity index (χ1v) is 14.7. The van der Waals surface area contributed by atoms with E-state index in [1.807, 2.05) is 18.4 Å². The average Bonchev–Trinajstić information content (AvgIpc) is 3.52. The van der Waals surface area contributed by atoms with Gasteiger partial charge < -0.3 is 20.6 Å². The number of fused-ring (bicyclic) bond motifs is 2. The molecule has 2 aromatic heterocycles. The van der Waals surface area contributed by atoms with E-state index in [0.29, 0.717) is 41.6 Å². The number of thiophene rings is 1. The Balaban J connectivity index is 1.67. The highest BCUT2D eigenvalue weighted by Gasteiger charge is 2.59. The third-order valence-corrected chi connectivity index (χ3v) is 10.5. The lowest BCUT2D eigenvalue weighted by molar-refractivity contribution is -0.144. The van der Waals surface area contributed by atoms with Gasteiger partial charge in [-0.15, -0.1) is 22.7 Å². The van der Waals surface area contributed by atoms with Crippen LogP contribution in [0.15, 0.2) is 17.5 Å². The standard InChI is InChI=1S/C27H39N3O5S2/c1-15(2)10-16(13-31)28-22(34)11-17-23-19(37-25(29-23)30-24(35)18-6-5-9-36-18)12-20-26(17,3)8-7-21(33)27(20,4)14-32/h5-6,9,15-17,20-21,31-33H,7-8,10-14H2,1-4H3,(H,28,34)(H,29,30,35). The molecule has 204 valence electrons. The number of aliphatic hydroxyl groups is 3. The van der Waals surface area contributed by atoms with E-state index < -0.39 is 11.5 Å². The molecule has 0 saturated heterocycles. The second kappa shape index (κ2) is 11.1. The number of carbonyl (C=O) groups is 2.